The second-order valence-corrected chi connectivity index (χ2v) is 4.81. The zero-order valence-electron chi connectivity index (χ0n) is 9.50. The molecule has 0 atom stereocenters. The van der Waals surface area contributed by atoms with Crippen LogP contribution in [0.3, 0.4) is 0 Å². The molecular weight excluding hydrogens is 234 g/mol. The summed E-state index contributed by atoms with van der Waals surface area (Å²) in [5.74, 6) is 0. The summed E-state index contributed by atoms with van der Waals surface area (Å²) in [6, 6.07) is 8.06. The van der Waals surface area contributed by atoms with E-state index >= 15 is 0 Å². The zero-order valence-corrected chi connectivity index (χ0v) is 10.3. The van der Waals surface area contributed by atoms with Crippen LogP contribution in [0, 0.1) is 0 Å². The van der Waals surface area contributed by atoms with E-state index in [9.17, 15) is 0 Å². The molecule has 0 heterocycles. The molecule has 0 saturated carbocycles. The number of rotatable bonds is 1. The minimum atomic E-state index is 0.662. The van der Waals surface area contributed by atoms with Gasteiger partial charge in [-0.3, -0.25) is 0 Å². The average Bonchev–Trinajstić information content (AvgIpc) is 2.78. The fourth-order valence-corrected chi connectivity index (χ4v) is 2.90. The van der Waals surface area contributed by atoms with E-state index in [0.29, 0.717) is 5.71 Å². The van der Waals surface area contributed by atoms with E-state index < -0.39 is 0 Å². The minimum absolute atomic E-state index is 0.662. The zero-order chi connectivity index (χ0) is 12.0. The highest BCUT2D eigenvalue weighted by Gasteiger charge is 2.19. The first kappa shape index (κ1) is 10.6. The Bertz CT molecular complexity index is 646. The molecule has 0 fully saturated rings. The van der Waals surface area contributed by atoms with E-state index in [1.54, 1.807) is 0 Å². The lowest BCUT2D eigenvalue weighted by Gasteiger charge is -2.08. The first-order valence-corrected chi connectivity index (χ1v) is 6.02. The molecule has 0 amide bonds. The van der Waals surface area contributed by atoms with Crippen LogP contribution in [0.5, 0.6) is 0 Å². The van der Waals surface area contributed by atoms with Gasteiger partial charge in [0.25, 0.3) is 0 Å². The van der Waals surface area contributed by atoms with E-state index in [2.05, 4.69) is 11.2 Å². The van der Waals surface area contributed by atoms with Gasteiger partial charge in [-0.1, -0.05) is 35.0 Å². The molecule has 1 aliphatic rings. The van der Waals surface area contributed by atoms with Crippen LogP contribution in [-0.2, 0) is 12.8 Å². The Morgan fingerprint density at radius 3 is 2.82 bits per heavy atom. The Hall–Kier alpha value is -1.54. The molecule has 0 bridgehead atoms. The van der Waals surface area contributed by atoms with Crippen molar-refractivity contribution in [3.63, 3.8) is 0 Å². The molecular formula is C14H12ClNO. The van der Waals surface area contributed by atoms with Gasteiger partial charge in [-0.25, -0.2) is 0 Å². The molecule has 1 aliphatic carbocycles. The third kappa shape index (κ3) is 1.44. The molecule has 0 saturated heterocycles. The van der Waals surface area contributed by atoms with Crippen LogP contribution in [0.4, 0.5) is 0 Å². The quantitative estimate of drug-likeness (QED) is 0.463. The maximum Gasteiger partial charge on any atom is 0.0839 e. The van der Waals surface area contributed by atoms with Crippen molar-refractivity contribution in [2.75, 3.05) is 0 Å². The predicted octanol–water partition coefficient (Wildman–Crippen LogP) is 3.79. The van der Waals surface area contributed by atoms with Gasteiger partial charge in [-0.2, -0.15) is 0 Å². The smallest absolute Gasteiger partial charge is 0.0839 e. The van der Waals surface area contributed by atoms with Crippen LogP contribution in [0.1, 0.15) is 23.6 Å². The maximum absolute atomic E-state index is 8.91. The molecule has 0 aliphatic heterocycles. The molecule has 2 nitrogen and oxygen atoms in total. The van der Waals surface area contributed by atoms with Gasteiger partial charge in [0.1, 0.15) is 0 Å². The maximum atomic E-state index is 8.91. The highest BCUT2D eigenvalue weighted by atomic mass is 35.5. The van der Waals surface area contributed by atoms with Crippen LogP contribution in [0.2, 0.25) is 5.02 Å². The predicted molar refractivity (Wildman–Crippen MR) is 70.4 cm³/mol. The standard InChI is InChI=1S/C14H12ClNO/c1-8(16-17)10-5-6-12-13(15)7-3-9-2-4-11(10)14(9)12/h3,5-7,17H,2,4H2,1H3. The third-order valence-electron chi connectivity index (χ3n) is 3.51. The number of benzene rings is 2. The fraction of sp³-hybridized carbons (Fsp3) is 0.214. The van der Waals surface area contributed by atoms with Crippen LogP contribution < -0.4 is 0 Å². The van der Waals surface area contributed by atoms with Crippen molar-refractivity contribution in [3.8, 4) is 0 Å². The minimum Gasteiger partial charge on any atom is -0.411 e. The lowest BCUT2D eigenvalue weighted by molar-refractivity contribution is 0.319. The van der Waals surface area contributed by atoms with E-state index in [-0.39, 0.29) is 0 Å². The lowest BCUT2D eigenvalue weighted by Crippen LogP contribution is -1.99. The Morgan fingerprint density at radius 2 is 2.06 bits per heavy atom. The van der Waals surface area contributed by atoms with Gasteiger partial charge in [-0.05, 0) is 42.3 Å². The Balaban J connectivity index is 2.42. The van der Waals surface area contributed by atoms with Gasteiger partial charge < -0.3 is 5.21 Å². The van der Waals surface area contributed by atoms with Crippen LogP contribution in [0.15, 0.2) is 29.4 Å². The number of aryl methyl sites for hydroxylation is 2. The summed E-state index contributed by atoms with van der Waals surface area (Å²) in [5.41, 5.74) is 4.29. The van der Waals surface area contributed by atoms with Crippen molar-refractivity contribution in [3.05, 3.63) is 46.0 Å². The van der Waals surface area contributed by atoms with Crippen molar-refractivity contribution >= 4 is 28.1 Å². The molecule has 1 N–H and O–H groups in total. The van der Waals surface area contributed by atoms with Crippen molar-refractivity contribution in [1.82, 2.24) is 0 Å². The second-order valence-electron chi connectivity index (χ2n) is 4.41. The molecule has 17 heavy (non-hydrogen) atoms. The monoisotopic (exact) mass is 245 g/mol. The number of nitrogens with zero attached hydrogens (tertiary/aromatic N) is 1. The van der Waals surface area contributed by atoms with Gasteiger partial charge in [0, 0.05) is 16.0 Å². The van der Waals surface area contributed by atoms with Crippen LogP contribution in [-0.4, -0.2) is 10.9 Å². The van der Waals surface area contributed by atoms with Crippen molar-refractivity contribution < 1.29 is 5.21 Å². The van der Waals surface area contributed by atoms with Gasteiger partial charge in [0.15, 0.2) is 0 Å². The van der Waals surface area contributed by atoms with Crippen molar-refractivity contribution in [2.45, 2.75) is 19.8 Å². The first-order chi connectivity index (χ1) is 8.22. The van der Waals surface area contributed by atoms with Crippen LogP contribution in [0.25, 0.3) is 10.8 Å². The lowest BCUT2D eigenvalue weighted by atomic mass is 9.98. The molecule has 0 spiro atoms. The Kier molecular flexibility index (Phi) is 2.33. The van der Waals surface area contributed by atoms with Gasteiger partial charge in [-0.15, -0.1) is 0 Å². The van der Waals surface area contributed by atoms with Gasteiger partial charge in [0.05, 0.1) is 5.71 Å². The number of oxime groups is 1. The van der Waals surface area contributed by atoms with Crippen molar-refractivity contribution in [1.29, 1.82) is 0 Å². The molecule has 0 aromatic heterocycles. The summed E-state index contributed by atoms with van der Waals surface area (Å²) >= 11 is 6.21. The summed E-state index contributed by atoms with van der Waals surface area (Å²) in [7, 11) is 0. The summed E-state index contributed by atoms with van der Waals surface area (Å²) in [5, 5.41) is 15.4. The summed E-state index contributed by atoms with van der Waals surface area (Å²) in [6.07, 6.45) is 2.04. The number of hydrogen-bond acceptors (Lipinski definition) is 2. The highest BCUT2D eigenvalue weighted by Crippen LogP contribution is 2.36. The van der Waals surface area contributed by atoms with Crippen LogP contribution >= 0.6 is 11.6 Å². The highest BCUT2D eigenvalue weighted by molar-refractivity contribution is 6.36. The Morgan fingerprint density at radius 1 is 1.24 bits per heavy atom. The summed E-state index contributed by atoms with van der Waals surface area (Å²) < 4.78 is 0. The molecule has 0 unspecified atom stereocenters. The van der Waals surface area contributed by atoms with E-state index in [1.807, 2.05) is 25.1 Å². The second kappa shape index (κ2) is 3.74. The van der Waals surface area contributed by atoms with E-state index in [0.717, 1.165) is 28.8 Å². The molecule has 86 valence electrons. The SMILES string of the molecule is CC(=NO)c1ccc2c(Cl)ccc3c2c1CC3. The normalized spacial score (nSPS) is 14.6. The molecule has 2 aromatic carbocycles. The van der Waals surface area contributed by atoms with Gasteiger partial charge >= 0.3 is 0 Å². The molecule has 0 radical (unpaired) electrons. The largest absolute Gasteiger partial charge is 0.411 e. The van der Waals surface area contributed by atoms with E-state index in [4.69, 9.17) is 16.8 Å². The topological polar surface area (TPSA) is 32.6 Å². The Labute approximate surface area is 105 Å². The summed E-state index contributed by atoms with van der Waals surface area (Å²) in [4.78, 5) is 0. The average molecular weight is 246 g/mol. The van der Waals surface area contributed by atoms with Crippen molar-refractivity contribution in [2.24, 2.45) is 5.16 Å². The summed E-state index contributed by atoms with van der Waals surface area (Å²) in [6.45, 7) is 1.82. The first-order valence-electron chi connectivity index (χ1n) is 5.64. The number of halogens is 1. The molecule has 3 rings (SSSR count). The molecule has 2 aromatic rings. The number of hydrogen-bond donors (Lipinski definition) is 1. The fourth-order valence-electron chi connectivity index (χ4n) is 2.68. The van der Waals surface area contributed by atoms with Gasteiger partial charge in [0.2, 0.25) is 0 Å². The van der Waals surface area contributed by atoms with E-state index in [1.165, 1.54) is 16.5 Å². The third-order valence-corrected chi connectivity index (χ3v) is 3.84. The molecule has 3 heteroatoms.